The number of nitrogens with two attached hydrogens (primary N) is 1. The highest BCUT2D eigenvalue weighted by Crippen LogP contribution is 2.20. The number of primary amides is 1. The fourth-order valence-corrected chi connectivity index (χ4v) is 1.95. The van der Waals surface area contributed by atoms with Crippen LogP contribution >= 0.6 is 0 Å². The molecule has 1 aromatic carbocycles. The molecule has 84 valence electrons. The van der Waals surface area contributed by atoms with E-state index in [1.807, 2.05) is 36.0 Å². The molecule has 2 rings (SSSR count). The number of benzene rings is 1. The number of amides is 1. The molecule has 0 unspecified atom stereocenters. The van der Waals surface area contributed by atoms with E-state index < -0.39 is 0 Å². The third kappa shape index (κ3) is 1.92. The number of fused-ring (bicyclic) bond motifs is 1. The van der Waals surface area contributed by atoms with Gasteiger partial charge in [-0.25, -0.2) is 0 Å². The Morgan fingerprint density at radius 1 is 1.44 bits per heavy atom. The lowest BCUT2D eigenvalue weighted by atomic mass is 10.2. The van der Waals surface area contributed by atoms with E-state index in [9.17, 15) is 4.79 Å². The van der Waals surface area contributed by atoms with Gasteiger partial charge in [0.15, 0.2) is 0 Å². The van der Waals surface area contributed by atoms with Gasteiger partial charge in [-0.3, -0.25) is 4.79 Å². The van der Waals surface area contributed by atoms with Crippen LogP contribution in [-0.4, -0.2) is 17.5 Å². The molecule has 0 aliphatic carbocycles. The molecule has 3 N–H and O–H groups in total. The van der Waals surface area contributed by atoms with Crippen molar-refractivity contribution in [3.8, 4) is 0 Å². The van der Waals surface area contributed by atoms with E-state index in [0.717, 1.165) is 17.4 Å². The Hall–Kier alpha value is -1.81. The number of hydrogen-bond acceptors (Lipinski definition) is 2. The lowest BCUT2D eigenvalue weighted by Gasteiger charge is -2.00. The highest BCUT2D eigenvalue weighted by atomic mass is 16.1. The van der Waals surface area contributed by atoms with E-state index in [-0.39, 0.29) is 12.5 Å². The number of hydrogen-bond donors (Lipinski definition) is 2. The molecule has 0 radical (unpaired) electrons. The summed E-state index contributed by atoms with van der Waals surface area (Å²) < 4.78 is 1.89. The maximum Gasteiger partial charge on any atom is 0.237 e. The molecule has 0 saturated carbocycles. The van der Waals surface area contributed by atoms with Crippen molar-refractivity contribution in [1.29, 1.82) is 0 Å². The molecule has 4 heteroatoms. The summed E-state index contributed by atoms with van der Waals surface area (Å²) in [6.45, 7) is 1.01. The zero-order valence-electron chi connectivity index (χ0n) is 9.23. The zero-order valence-corrected chi connectivity index (χ0v) is 9.23. The smallest absolute Gasteiger partial charge is 0.237 e. The predicted molar refractivity (Wildman–Crippen MR) is 63.9 cm³/mol. The van der Waals surface area contributed by atoms with Gasteiger partial charge in [-0.1, -0.05) is 18.2 Å². The second-order valence-electron chi connectivity index (χ2n) is 3.80. The van der Waals surface area contributed by atoms with Gasteiger partial charge in [0.1, 0.15) is 6.54 Å². The third-order valence-electron chi connectivity index (χ3n) is 2.56. The molecule has 0 saturated heterocycles. The van der Waals surface area contributed by atoms with Gasteiger partial charge in [0.2, 0.25) is 5.91 Å². The van der Waals surface area contributed by atoms with Crippen molar-refractivity contribution in [1.82, 2.24) is 9.88 Å². The zero-order chi connectivity index (χ0) is 11.5. The number of rotatable bonds is 4. The Morgan fingerprint density at radius 2 is 2.19 bits per heavy atom. The molecule has 0 aliphatic rings. The van der Waals surface area contributed by atoms with Gasteiger partial charge in [-0.15, -0.1) is 0 Å². The molecule has 2 aromatic rings. The van der Waals surface area contributed by atoms with Crippen LogP contribution in [0.1, 0.15) is 5.56 Å². The molecule has 16 heavy (non-hydrogen) atoms. The molecular formula is C12H15N3O. The minimum Gasteiger partial charge on any atom is -0.368 e. The Kier molecular flexibility index (Phi) is 2.92. The van der Waals surface area contributed by atoms with Crippen LogP contribution in [0.3, 0.4) is 0 Å². The van der Waals surface area contributed by atoms with Gasteiger partial charge in [0.25, 0.3) is 0 Å². The van der Waals surface area contributed by atoms with Gasteiger partial charge >= 0.3 is 0 Å². The van der Waals surface area contributed by atoms with E-state index in [4.69, 9.17) is 5.73 Å². The average Bonchev–Trinajstić information content (AvgIpc) is 2.58. The van der Waals surface area contributed by atoms with Crippen molar-refractivity contribution in [2.75, 3.05) is 7.05 Å². The highest BCUT2D eigenvalue weighted by molar-refractivity contribution is 5.85. The van der Waals surface area contributed by atoms with Gasteiger partial charge in [-0.2, -0.15) is 0 Å². The standard InChI is InChI=1S/C12H15N3O/c1-14-6-9-7-15(8-12(13)16)11-5-3-2-4-10(9)11/h2-5,7,14H,6,8H2,1H3,(H2,13,16). The van der Waals surface area contributed by atoms with Crippen LogP contribution in [0.2, 0.25) is 0 Å². The first kappa shape index (κ1) is 10.7. The van der Waals surface area contributed by atoms with Crippen LogP contribution in [0.5, 0.6) is 0 Å². The molecule has 1 amide bonds. The summed E-state index contributed by atoms with van der Waals surface area (Å²) in [6.07, 6.45) is 1.98. The summed E-state index contributed by atoms with van der Waals surface area (Å²) >= 11 is 0. The number of para-hydroxylation sites is 1. The van der Waals surface area contributed by atoms with Crippen LogP contribution < -0.4 is 11.1 Å². The molecule has 4 nitrogen and oxygen atoms in total. The first-order valence-corrected chi connectivity index (χ1v) is 5.22. The van der Waals surface area contributed by atoms with E-state index in [0.29, 0.717) is 0 Å². The van der Waals surface area contributed by atoms with Crippen LogP contribution in [0, 0.1) is 0 Å². The number of carbonyl (C=O) groups excluding carboxylic acids is 1. The molecule has 1 heterocycles. The number of carbonyl (C=O) groups is 1. The van der Waals surface area contributed by atoms with Crippen molar-refractivity contribution >= 4 is 16.8 Å². The van der Waals surface area contributed by atoms with Crippen LogP contribution in [0.15, 0.2) is 30.5 Å². The summed E-state index contributed by atoms with van der Waals surface area (Å²) in [5.41, 5.74) is 7.45. The van der Waals surface area contributed by atoms with Gasteiger partial charge < -0.3 is 15.6 Å². The summed E-state index contributed by atoms with van der Waals surface area (Å²) in [5, 5.41) is 4.28. The van der Waals surface area contributed by atoms with Crippen LogP contribution in [0.25, 0.3) is 10.9 Å². The number of nitrogens with zero attached hydrogens (tertiary/aromatic N) is 1. The summed E-state index contributed by atoms with van der Waals surface area (Å²) in [7, 11) is 1.90. The summed E-state index contributed by atoms with van der Waals surface area (Å²) in [6, 6.07) is 8.01. The summed E-state index contributed by atoms with van der Waals surface area (Å²) in [5.74, 6) is -0.322. The first-order chi connectivity index (χ1) is 7.72. The van der Waals surface area contributed by atoms with Crippen LogP contribution in [-0.2, 0) is 17.9 Å². The van der Waals surface area contributed by atoms with Crippen molar-refractivity contribution < 1.29 is 4.79 Å². The normalized spacial score (nSPS) is 10.8. The van der Waals surface area contributed by atoms with E-state index in [2.05, 4.69) is 11.4 Å². The van der Waals surface area contributed by atoms with E-state index in [1.165, 1.54) is 5.56 Å². The largest absolute Gasteiger partial charge is 0.368 e. The van der Waals surface area contributed by atoms with Crippen molar-refractivity contribution in [2.24, 2.45) is 5.73 Å². The average molecular weight is 217 g/mol. The maximum absolute atomic E-state index is 11.0. The number of nitrogens with one attached hydrogen (secondary N) is 1. The Balaban J connectivity index is 2.52. The second kappa shape index (κ2) is 4.37. The van der Waals surface area contributed by atoms with E-state index >= 15 is 0 Å². The van der Waals surface area contributed by atoms with Crippen molar-refractivity contribution in [3.63, 3.8) is 0 Å². The Morgan fingerprint density at radius 3 is 2.88 bits per heavy atom. The molecule has 0 atom stereocenters. The molecule has 0 fully saturated rings. The van der Waals surface area contributed by atoms with Crippen molar-refractivity contribution in [2.45, 2.75) is 13.1 Å². The molecule has 0 bridgehead atoms. The minimum absolute atomic E-state index is 0.226. The van der Waals surface area contributed by atoms with Gasteiger partial charge in [0.05, 0.1) is 0 Å². The molecule has 1 aromatic heterocycles. The molecule has 0 aliphatic heterocycles. The highest BCUT2D eigenvalue weighted by Gasteiger charge is 2.08. The van der Waals surface area contributed by atoms with Gasteiger partial charge in [0, 0.05) is 23.6 Å². The van der Waals surface area contributed by atoms with Crippen LogP contribution in [0.4, 0.5) is 0 Å². The third-order valence-corrected chi connectivity index (χ3v) is 2.56. The SMILES string of the molecule is CNCc1cn(CC(N)=O)c2ccccc12. The topological polar surface area (TPSA) is 60.1 Å². The lowest BCUT2D eigenvalue weighted by molar-refractivity contribution is -0.118. The fraction of sp³-hybridized carbons (Fsp3) is 0.250. The maximum atomic E-state index is 11.0. The minimum atomic E-state index is -0.322. The molecule has 0 spiro atoms. The fourth-order valence-electron chi connectivity index (χ4n) is 1.95. The van der Waals surface area contributed by atoms with Gasteiger partial charge in [-0.05, 0) is 18.7 Å². The van der Waals surface area contributed by atoms with Crippen molar-refractivity contribution in [3.05, 3.63) is 36.0 Å². The Bertz CT molecular complexity index is 516. The second-order valence-corrected chi connectivity index (χ2v) is 3.80. The quantitative estimate of drug-likeness (QED) is 0.797. The first-order valence-electron chi connectivity index (χ1n) is 5.22. The monoisotopic (exact) mass is 217 g/mol. The predicted octanol–water partition coefficient (Wildman–Crippen LogP) is 0.846. The summed E-state index contributed by atoms with van der Waals surface area (Å²) in [4.78, 5) is 11.0. The molecular weight excluding hydrogens is 202 g/mol. The Labute approximate surface area is 94.0 Å². The van der Waals surface area contributed by atoms with E-state index in [1.54, 1.807) is 0 Å². The number of aromatic nitrogens is 1. The lowest BCUT2D eigenvalue weighted by Crippen LogP contribution is -2.18.